The van der Waals surface area contributed by atoms with Gasteiger partial charge in [0.15, 0.2) is 0 Å². The smallest absolute Gasteiger partial charge is 0.271 e. The number of hydrogen-bond donors (Lipinski definition) is 1. The minimum absolute atomic E-state index is 0.0225. The Morgan fingerprint density at radius 1 is 1.19 bits per heavy atom. The first kappa shape index (κ1) is 20.6. The van der Waals surface area contributed by atoms with Crippen molar-refractivity contribution in [2.75, 3.05) is 0 Å². The van der Waals surface area contributed by atoms with Gasteiger partial charge in [0.25, 0.3) is 5.91 Å². The third-order valence-corrected chi connectivity index (χ3v) is 7.94. The molecule has 1 N–H and O–H groups in total. The molecule has 0 unspecified atom stereocenters. The third-order valence-electron chi connectivity index (χ3n) is 6.73. The Morgan fingerprint density at radius 3 is 2.68 bits per heavy atom. The average Bonchev–Trinajstić information content (AvgIpc) is 3.36. The molecule has 1 saturated carbocycles. The van der Waals surface area contributed by atoms with Gasteiger partial charge in [-0.25, -0.2) is 0 Å². The predicted octanol–water partition coefficient (Wildman–Crippen LogP) is 5.22. The second-order valence-electron chi connectivity index (χ2n) is 8.85. The number of benzene rings is 1. The van der Waals surface area contributed by atoms with Crippen LogP contribution in [0.3, 0.4) is 0 Å². The first-order valence-corrected chi connectivity index (χ1v) is 12.2. The highest BCUT2D eigenvalue weighted by Gasteiger charge is 2.50. The maximum atomic E-state index is 13.7. The Morgan fingerprint density at radius 2 is 1.94 bits per heavy atom. The molecule has 1 aliphatic heterocycles. The minimum atomic E-state index is -0.936. The van der Waals surface area contributed by atoms with Crippen LogP contribution in [0, 0.1) is 0 Å². The predicted molar refractivity (Wildman–Crippen MR) is 125 cm³/mol. The maximum Gasteiger partial charge on any atom is 0.271 e. The molecule has 0 saturated heterocycles. The van der Waals surface area contributed by atoms with Gasteiger partial charge in [-0.05, 0) is 55.0 Å². The van der Waals surface area contributed by atoms with E-state index in [1.165, 1.54) is 6.42 Å². The van der Waals surface area contributed by atoms with E-state index >= 15 is 0 Å². The lowest BCUT2D eigenvalue weighted by atomic mass is 9.86. The highest BCUT2D eigenvalue weighted by molar-refractivity contribution is 7.16. The van der Waals surface area contributed by atoms with Crippen LogP contribution in [-0.2, 0) is 17.9 Å². The molecule has 3 aromatic rings. The molecule has 1 aromatic carbocycles. The van der Waals surface area contributed by atoms with Gasteiger partial charge in [0.2, 0.25) is 5.91 Å². The Bertz CT molecular complexity index is 1130. The van der Waals surface area contributed by atoms with Crippen molar-refractivity contribution >= 4 is 45.0 Å². The van der Waals surface area contributed by atoms with Crippen molar-refractivity contribution in [1.29, 1.82) is 0 Å². The molecule has 0 radical (unpaired) electrons. The van der Waals surface area contributed by atoms with Gasteiger partial charge in [0, 0.05) is 23.0 Å². The van der Waals surface area contributed by atoms with Crippen molar-refractivity contribution in [2.45, 2.75) is 63.7 Å². The maximum absolute atomic E-state index is 13.7. The largest absolute Gasteiger partial charge is 0.350 e. The Labute approximate surface area is 191 Å². The zero-order valence-corrected chi connectivity index (χ0v) is 19.1. The molecular formula is C24H26ClN3O2S. The molecule has 2 aliphatic rings. The van der Waals surface area contributed by atoms with Crippen LogP contribution >= 0.6 is 22.9 Å². The molecule has 1 atom stereocenters. The van der Waals surface area contributed by atoms with Crippen LogP contribution in [0.15, 0.2) is 41.8 Å². The van der Waals surface area contributed by atoms with E-state index in [1.54, 1.807) is 11.3 Å². The van der Waals surface area contributed by atoms with E-state index in [9.17, 15) is 9.59 Å². The van der Waals surface area contributed by atoms with Crippen molar-refractivity contribution in [3.8, 4) is 0 Å². The van der Waals surface area contributed by atoms with Crippen molar-refractivity contribution in [3.63, 3.8) is 0 Å². The number of carbonyl (C=O) groups excluding carboxylic acids is 2. The summed E-state index contributed by atoms with van der Waals surface area (Å²) in [5.74, 6) is -0.129. The summed E-state index contributed by atoms with van der Waals surface area (Å²) in [6, 6.07) is 11.6. The standard InChI is InChI=1S/C24H26ClN3O2S/c1-24(23(30)26-14-16-7-9-18(25)10-8-16)15-27-20(13-17-11-12-31-22(17)27)21(29)28(24)19-5-3-2-4-6-19/h7-13,19H,2-6,14-15H2,1H3,(H,26,30)/t24-/m0/s1. The molecule has 2 aromatic heterocycles. The molecule has 7 heteroatoms. The summed E-state index contributed by atoms with van der Waals surface area (Å²) in [5, 5.41) is 6.87. The van der Waals surface area contributed by atoms with E-state index in [0.29, 0.717) is 23.8 Å². The molecule has 5 rings (SSSR count). The summed E-state index contributed by atoms with van der Waals surface area (Å²) in [6.07, 6.45) is 5.33. The highest BCUT2D eigenvalue weighted by Crippen LogP contribution is 2.38. The normalized spacial score (nSPS) is 22.0. The van der Waals surface area contributed by atoms with Gasteiger partial charge in [-0.1, -0.05) is 43.0 Å². The number of thiophene rings is 1. The molecule has 0 spiro atoms. The van der Waals surface area contributed by atoms with Gasteiger partial charge in [0.05, 0.1) is 6.54 Å². The molecule has 3 heterocycles. The molecule has 1 aliphatic carbocycles. The van der Waals surface area contributed by atoms with E-state index in [0.717, 1.165) is 41.5 Å². The van der Waals surface area contributed by atoms with Crippen LogP contribution < -0.4 is 5.32 Å². The number of rotatable bonds is 4. The molecule has 2 amide bonds. The van der Waals surface area contributed by atoms with Gasteiger partial charge in [-0.2, -0.15) is 0 Å². The van der Waals surface area contributed by atoms with Crippen LogP contribution in [0.1, 0.15) is 55.1 Å². The number of hydrogen-bond acceptors (Lipinski definition) is 3. The first-order chi connectivity index (χ1) is 15.0. The number of nitrogens with zero attached hydrogens (tertiary/aromatic N) is 2. The van der Waals surface area contributed by atoms with E-state index in [-0.39, 0.29) is 17.9 Å². The second kappa shape index (κ2) is 7.99. The zero-order chi connectivity index (χ0) is 21.6. The SMILES string of the molecule is C[C@@]1(C(=O)NCc2ccc(Cl)cc2)Cn2c(cc3ccsc32)C(=O)N1C1CCCCC1. The fourth-order valence-electron chi connectivity index (χ4n) is 5.11. The molecule has 1 fully saturated rings. The van der Waals surface area contributed by atoms with E-state index in [1.807, 2.05) is 58.2 Å². The topological polar surface area (TPSA) is 54.3 Å². The summed E-state index contributed by atoms with van der Waals surface area (Å²) < 4.78 is 2.05. The zero-order valence-electron chi connectivity index (χ0n) is 17.6. The lowest BCUT2D eigenvalue weighted by Gasteiger charge is -2.48. The number of carbonyl (C=O) groups is 2. The summed E-state index contributed by atoms with van der Waals surface area (Å²) in [4.78, 5) is 30.3. The summed E-state index contributed by atoms with van der Waals surface area (Å²) in [7, 11) is 0. The minimum Gasteiger partial charge on any atom is -0.350 e. The summed E-state index contributed by atoms with van der Waals surface area (Å²) in [6.45, 7) is 2.81. The van der Waals surface area contributed by atoms with E-state index < -0.39 is 5.54 Å². The Kier molecular flexibility index (Phi) is 5.30. The molecule has 5 nitrogen and oxygen atoms in total. The lowest BCUT2D eigenvalue weighted by Crippen LogP contribution is -2.66. The van der Waals surface area contributed by atoms with E-state index in [2.05, 4.69) is 5.32 Å². The average molecular weight is 456 g/mol. The summed E-state index contributed by atoms with van der Waals surface area (Å²) in [5.41, 5.74) is 0.750. The Hall–Kier alpha value is -2.31. The van der Waals surface area contributed by atoms with Gasteiger partial charge < -0.3 is 14.8 Å². The van der Waals surface area contributed by atoms with Crippen molar-refractivity contribution in [2.24, 2.45) is 0 Å². The quantitative estimate of drug-likeness (QED) is 0.586. The van der Waals surface area contributed by atoms with Gasteiger partial charge in [0.1, 0.15) is 16.1 Å². The van der Waals surface area contributed by atoms with E-state index in [4.69, 9.17) is 11.6 Å². The number of halogens is 1. The molecule has 162 valence electrons. The lowest BCUT2D eigenvalue weighted by molar-refractivity contribution is -0.134. The molecule has 31 heavy (non-hydrogen) atoms. The van der Waals surface area contributed by atoms with Crippen molar-refractivity contribution < 1.29 is 9.59 Å². The van der Waals surface area contributed by atoms with Crippen LogP contribution in [0.25, 0.3) is 10.2 Å². The van der Waals surface area contributed by atoms with Crippen LogP contribution in [0.2, 0.25) is 5.02 Å². The number of nitrogens with one attached hydrogen (secondary N) is 1. The monoisotopic (exact) mass is 455 g/mol. The first-order valence-electron chi connectivity index (χ1n) is 10.9. The number of amides is 2. The number of fused-ring (bicyclic) bond motifs is 3. The highest BCUT2D eigenvalue weighted by atomic mass is 35.5. The second-order valence-corrected chi connectivity index (χ2v) is 10.2. The molecule has 0 bridgehead atoms. The van der Waals surface area contributed by atoms with Crippen molar-refractivity contribution in [3.05, 3.63) is 58.1 Å². The summed E-state index contributed by atoms with van der Waals surface area (Å²) >= 11 is 7.60. The van der Waals surface area contributed by atoms with Crippen LogP contribution in [-0.4, -0.2) is 32.9 Å². The third kappa shape index (κ3) is 3.56. The Balaban J connectivity index is 1.49. The number of aromatic nitrogens is 1. The fraction of sp³-hybridized carbons (Fsp3) is 0.417. The van der Waals surface area contributed by atoms with Crippen LogP contribution in [0.5, 0.6) is 0 Å². The van der Waals surface area contributed by atoms with Crippen molar-refractivity contribution in [1.82, 2.24) is 14.8 Å². The molecular weight excluding hydrogens is 430 g/mol. The van der Waals surface area contributed by atoms with Gasteiger partial charge in [-0.15, -0.1) is 11.3 Å². The van der Waals surface area contributed by atoms with Gasteiger partial charge >= 0.3 is 0 Å². The fourth-order valence-corrected chi connectivity index (χ4v) is 6.13. The van der Waals surface area contributed by atoms with Gasteiger partial charge in [-0.3, -0.25) is 9.59 Å². The van der Waals surface area contributed by atoms with Crippen LogP contribution in [0.4, 0.5) is 0 Å².